The fourth-order valence-electron chi connectivity index (χ4n) is 3.65. The van der Waals surface area contributed by atoms with Crippen molar-refractivity contribution in [3.8, 4) is 0 Å². The van der Waals surface area contributed by atoms with Gasteiger partial charge in [0.15, 0.2) is 5.82 Å². The number of hydrogen-bond donors (Lipinski definition) is 1. The van der Waals surface area contributed by atoms with Crippen molar-refractivity contribution in [2.24, 2.45) is 5.92 Å². The van der Waals surface area contributed by atoms with Crippen LogP contribution < -0.4 is 5.32 Å². The number of aryl methyl sites for hydroxylation is 1. The van der Waals surface area contributed by atoms with Gasteiger partial charge in [-0.15, -0.1) is 0 Å². The van der Waals surface area contributed by atoms with Gasteiger partial charge >= 0.3 is 0 Å². The van der Waals surface area contributed by atoms with Crippen LogP contribution in [0.1, 0.15) is 34.7 Å². The molecular weight excluding hydrogens is 352 g/mol. The summed E-state index contributed by atoms with van der Waals surface area (Å²) in [5.41, 5.74) is 2.59. The molecule has 0 saturated carbocycles. The van der Waals surface area contributed by atoms with E-state index in [-0.39, 0.29) is 5.91 Å². The van der Waals surface area contributed by atoms with Crippen LogP contribution in [0.2, 0.25) is 0 Å². The molecule has 1 aliphatic heterocycles. The summed E-state index contributed by atoms with van der Waals surface area (Å²) in [4.78, 5) is 19.1. The van der Waals surface area contributed by atoms with Crippen LogP contribution in [-0.4, -0.2) is 34.0 Å². The molecule has 28 heavy (non-hydrogen) atoms. The van der Waals surface area contributed by atoms with Crippen molar-refractivity contribution in [1.29, 1.82) is 0 Å². The van der Waals surface area contributed by atoms with Gasteiger partial charge in [-0.1, -0.05) is 35.5 Å². The van der Waals surface area contributed by atoms with Crippen LogP contribution in [0.4, 0.5) is 11.5 Å². The maximum atomic E-state index is 12.9. The van der Waals surface area contributed by atoms with Crippen molar-refractivity contribution in [2.45, 2.75) is 26.2 Å². The molecule has 1 N–H and O–H groups in total. The van der Waals surface area contributed by atoms with Crippen LogP contribution in [-0.2, 0) is 6.42 Å². The second kappa shape index (κ2) is 8.25. The molecule has 1 aliphatic rings. The number of rotatable bonds is 5. The highest BCUT2D eigenvalue weighted by Crippen LogP contribution is 2.23. The van der Waals surface area contributed by atoms with Crippen LogP contribution in [0.25, 0.3) is 0 Å². The normalized spacial score (nSPS) is 14.8. The van der Waals surface area contributed by atoms with Gasteiger partial charge in [0.05, 0.1) is 0 Å². The summed E-state index contributed by atoms with van der Waals surface area (Å²) in [6, 6.07) is 16.0. The Labute approximate surface area is 164 Å². The SMILES string of the molecule is Cc1cc(Nc2ccnc(C(=O)N3CCC(Cc4ccccc4)CC3)c2)no1. The second-order valence-corrected chi connectivity index (χ2v) is 7.30. The predicted molar refractivity (Wildman–Crippen MR) is 108 cm³/mol. The zero-order valence-electron chi connectivity index (χ0n) is 16.0. The fourth-order valence-corrected chi connectivity index (χ4v) is 3.65. The Balaban J connectivity index is 1.35. The zero-order valence-corrected chi connectivity index (χ0v) is 16.0. The van der Waals surface area contributed by atoms with E-state index in [1.165, 1.54) is 5.56 Å². The third-order valence-corrected chi connectivity index (χ3v) is 5.15. The Morgan fingerprint density at radius 3 is 2.68 bits per heavy atom. The average Bonchev–Trinajstić information content (AvgIpc) is 3.13. The van der Waals surface area contributed by atoms with E-state index in [2.05, 4.69) is 39.7 Å². The summed E-state index contributed by atoms with van der Waals surface area (Å²) in [5, 5.41) is 7.06. The molecule has 0 spiro atoms. The largest absolute Gasteiger partial charge is 0.360 e. The Bertz CT molecular complexity index is 930. The van der Waals surface area contributed by atoms with Crippen molar-refractivity contribution in [2.75, 3.05) is 18.4 Å². The molecule has 0 atom stereocenters. The van der Waals surface area contributed by atoms with E-state index < -0.39 is 0 Å². The third-order valence-electron chi connectivity index (χ3n) is 5.15. The van der Waals surface area contributed by atoms with Gasteiger partial charge in [0.1, 0.15) is 11.5 Å². The lowest BCUT2D eigenvalue weighted by Crippen LogP contribution is -2.39. The first-order chi connectivity index (χ1) is 13.7. The molecule has 3 heterocycles. The Morgan fingerprint density at radius 2 is 1.96 bits per heavy atom. The first-order valence-corrected chi connectivity index (χ1v) is 9.67. The zero-order chi connectivity index (χ0) is 19.3. The standard InChI is InChI=1S/C22H24N4O2/c1-16-13-21(25-28-16)24-19-7-10-23-20(15-19)22(27)26-11-8-18(9-12-26)14-17-5-3-2-4-6-17/h2-7,10,13,15,18H,8-9,11-12,14H2,1H3,(H,23,24,25). The monoisotopic (exact) mass is 376 g/mol. The quantitative estimate of drug-likeness (QED) is 0.722. The summed E-state index contributed by atoms with van der Waals surface area (Å²) in [7, 11) is 0. The van der Waals surface area contributed by atoms with Crippen LogP contribution in [0.15, 0.2) is 59.3 Å². The number of amides is 1. The number of anilines is 2. The molecule has 6 heteroatoms. The van der Waals surface area contributed by atoms with Gasteiger partial charge in [-0.05, 0) is 49.8 Å². The van der Waals surface area contributed by atoms with Crippen LogP contribution in [0.3, 0.4) is 0 Å². The summed E-state index contributed by atoms with van der Waals surface area (Å²) in [6.07, 6.45) is 4.77. The van der Waals surface area contributed by atoms with Gasteiger partial charge in [0.25, 0.3) is 5.91 Å². The minimum atomic E-state index is -0.0156. The molecule has 0 aliphatic carbocycles. The smallest absolute Gasteiger partial charge is 0.272 e. The number of aromatic nitrogens is 2. The number of benzene rings is 1. The van der Waals surface area contributed by atoms with Gasteiger partial charge in [0, 0.05) is 31.0 Å². The molecule has 4 rings (SSSR count). The van der Waals surface area contributed by atoms with E-state index in [0.29, 0.717) is 17.4 Å². The van der Waals surface area contributed by atoms with Crippen molar-refractivity contribution < 1.29 is 9.32 Å². The Kier molecular flexibility index (Phi) is 5.37. The molecule has 3 aromatic rings. The highest BCUT2D eigenvalue weighted by Gasteiger charge is 2.24. The summed E-state index contributed by atoms with van der Waals surface area (Å²) in [6.45, 7) is 3.39. The molecule has 6 nitrogen and oxygen atoms in total. The Morgan fingerprint density at radius 1 is 1.18 bits per heavy atom. The van der Waals surface area contributed by atoms with E-state index in [4.69, 9.17) is 4.52 Å². The highest BCUT2D eigenvalue weighted by atomic mass is 16.5. The van der Waals surface area contributed by atoms with E-state index in [9.17, 15) is 4.79 Å². The van der Waals surface area contributed by atoms with Crippen molar-refractivity contribution in [3.05, 3.63) is 71.7 Å². The van der Waals surface area contributed by atoms with Crippen LogP contribution in [0, 0.1) is 12.8 Å². The molecule has 1 saturated heterocycles. The third kappa shape index (κ3) is 4.39. The van der Waals surface area contributed by atoms with Gasteiger partial charge in [-0.3, -0.25) is 9.78 Å². The molecule has 144 valence electrons. The second-order valence-electron chi connectivity index (χ2n) is 7.30. The van der Waals surface area contributed by atoms with Crippen LogP contribution in [0.5, 0.6) is 0 Å². The van der Waals surface area contributed by atoms with Gasteiger partial charge in [-0.25, -0.2) is 0 Å². The lowest BCUT2D eigenvalue weighted by molar-refractivity contribution is 0.0684. The molecule has 1 aromatic carbocycles. The number of piperidine rings is 1. The number of nitrogens with zero attached hydrogens (tertiary/aromatic N) is 3. The molecule has 0 bridgehead atoms. The topological polar surface area (TPSA) is 71.3 Å². The average molecular weight is 376 g/mol. The lowest BCUT2D eigenvalue weighted by Gasteiger charge is -2.32. The predicted octanol–water partition coefficient (Wildman–Crippen LogP) is 4.22. The number of pyridine rings is 1. The van der Waals surface area contributed by atoms with E-state index in [0.717, 1.165) is 43.8 Å². The molecule has 1 amide bonds. The summed E-state index contributed by atoms with van der Waals surface area (Å²) < 4.78 is 5.06. The molecule has 0 unspecified atom stereocenters. The molecule has 2 aromatic heterocycles. The molecule has 0 radical (unpaired) electrons. The fraction of sp³-hybridized carbons (Fsp3) is 0.318. The van der Waals surface area contributed by atoms with E-state index >= 15 is 0 Å². The molecule has 1 fully saturated rings. The number of carbonyl (C=O) groups is 1. The number of likely N-dealkylation sites (tertiary alicyclic amines) is 1. The Hall–Kier alpha value is -3.15. The highest BCUT2D eigenvalue weighted by molar-refractivity contribution is 5.93. The number of hydrogen-bond acceptors (Lipinski definition) is 5. The lowest BCUT2D eigenvalue weighted by atomic mass is 9.90. The summed E-state index contributed by atoms with van der Waals surface area (Å²) in [5.74, 6) is 1.95. The van der Waals surface area contributed by atoms with Gasteiger partial charge < -0.3 is 14.7 Å². The van der Waals surface area contributed by atoms with Gasteiger partial charge in [-0.2, -0.15) is 0 Å². The van der Waals surface area contributed by atoms with E-state index in [1.807, 2.05) is 24.0 Å². The van der Waals surface area contributed by atoms with E-state index in [1.54, 1.807) is 18.3 Å². The minimum absolute atomic E-state index is 0.0156. The summed E-state index contributed by atoms with van der Waals surface area (Å²) >= 11 is 0. The van der Waals surface area contributed by atoms with Crippen molar-refractivity contribution in [1.82, 2.24) is 15.0 Å². The molecular formula is C22H24N4O2. The first kappa shape index (κ1) is 18.2. The van der Waals surface area contributed by atoms with Gasteiger partial charge in [0.2, 0.25) is 0 Å². The maximum absolute atomic E-state index is 12.9. The first-order valence-electron chi connectivity index (χ1n) is 9.67. The number of nitrogens with one attached hydrogen (secondary N) is 1. The number of carbonyl (C=O) groups excluding carboxylic acids is 1. The minimum Gasteiger partial charge on any atom is -0.360 e. The van der Waals surface area contributed by atoms with Crippen molar-refractivity contribution in [3.63, 3.8) is 0 Å². The van der Waals surface area contributed by atoms with Crippen molar-refractivity contribution >= 4 is 17.4 Å². The van der Waals surface area contributed by atoms with Crippen LogP contribution >= 0.6 is 0 Å². The maximum Gasteiger partial charge on any atom is 0.272 e.